The lowest BCUT2D eigenvalue weighted by Gasteiger charge is -2.35. The van der Waals surface area contributed by atoms with E-state index in [1.54, 1.807) is 50.8 Å². The fourth-order valence-corrected chi connectivity index (χ4v) is 4.52. The van der Waals surface area contributed by atoms with E-state index in [1.165, 1.54) is 0 Å². The van der Waals surface area contributed by atoms with Crippen molar-refractivity contribution in [1.82, 2.24) is 15.5 Å². The molecule has 1 fully saturated rings. The van der Waals surface area contributed by atoms with E-state index < -0.39 is 23.8 Å². The molecule has 3 amide bonds. The van der Waals surface area contributed by atoms with E-state index in [4.69, 9.17) is 4.74 Å². The van der Waals surface area contributed by atoms with Crippen LogP contribution in [0.5, 0.6) is 5.75 Å². The summed E-state index contributed by atoms with van der Waals surface area (Å²) >= 11 is 0. The standard InChI is InChI=1S/C31H43N3O5/c1-6-7-11-18-32-28(36)27(23-14-17-26(35)21(2)19-23)34(24-15-16-24)29(37)25(20-22-12-9-8-10-13-22)33-30(38)39-31(3,4)5/h8-10,12-14,17,19,24-25,27,35H,6-7,11,15-16,18,20H2,1-5H3,(H,32,36)(H,33,38). The summed E-state index contributed by atoms with van der Waals surface area (Å²) in [5.41, 5.74) is 1.38. The SMILES string of the molecule is CCCCCNC(=O)C(c1ccc(O)c(C)c1)N(C(=O)C(Cc1ccccc1)NC(=O)OC(C)(C)C)C1CC1. The third-order valence-corrected chi connectivity index (χ3v) is 6.61. The van der Waals surface area contributed by atoms with Gasteiger partial charge in [0.25, 0.3) is 0 Å². The zero-order chi connectivity index (χ0) is 28.6. The van der Waals surface area contributed by atoms with Gasteiger partial charge in [-0.15, -0.1) is 0 Å². The van der Waals surface area contributed by atoms with Crippen molar-refractivity contribution in [3.8, 4) is 5.75 Å². The minimum atomic E-state index is -0.934. The van der Waals surface area contributed by atoms with Gasteiger partial charge in [0.2, 0.25) is 11.8 Å². The Hall–Kier alpha value is -3.55. The van der Waals surface area contributed by atoms with Crippen LogP contribution in [0.3, 0.4) is 0 Å². The van der Waals surface area contributed by atoms with Crippen LogP contribution in [0, 0.1) is 6.92 Å². The number of hydrogen-bond acceptors (Lipinski definition) is 5. The highest BCUT2D eigenvalue weighted by Crippen LogP contribution is 2.37. The van der Waals surface area contributed by atoms with E-state index in [0.717, 1.165) is 37.7 Å². The number of nitrogens with zero attached hydrogens (tertiary/aromatic N) is 1. The lowest BCUT2D eigenvalue weighted by atomic mass is 9.98. The molecule has 2 aromatic carbocycles. The number of phenols is 1. The maximum absolute atomic E-state index is 14.3. The zero-order valence-corrected chi connectivity index (χ0v) is 23.8. The largest absolute Gasteiger partial charge is 0.508 e. The number of nitrogens with one attached hydrogen (secondary N) is 2. The first-order valence-electron chi connectivity index (χ1n) is 13.9. The van der Waals surface area contributed by atoms with Gasteiger partial charge in [-0.25, -0.2) is 4.79 Å². The van der Waals surface area contributed by atoms with Crippen LogP contribution >= 0.6 is 0 Å². The minimum Gasteiger partial charge on any atom is -0.508 e. The van der Waals surface area contributed by atoms with Crippen molar-refractivity contribution in [2.24, 2.45) is 0 Å². The molecule has 2 aromatic rings. The number of amides is 3. The van der Waals surface area contributed by atoms with E-state index in [0.29, 0.717) is 17.7 Å². The van der Waals surface area contributed by atoms with Gasteiger partial charge in [0, 0.05) is 19.0 Å². The van der Waals surface area contributed by atoms with Crippen LogP contribution in [0.4, 0.5) is 4.79 Å². The third-order valence-electron chi connectivity index (χ3n) is 6.61. The quantitative estimate of drug-likeness (QED) is 0.324. The molecule has 2 unspecified atom stereocenters. The fourth-order valence-electron chi connectivity index (χ4n) is 4.52. The van der Waals surface area contributed by atoms with Crippen molar-refractivity contribution in [2.75, 3.05) is 6.54 Å². The first-order chi connectivity index (χ1) is 18.5. The lowest BCUT2D eigenvalue weighted by Crippen LogP contribution is -2.54. The molecule has 0 radical (unpaired) electrons. The van der Waals surface area contributed by atoms with Gasteiger partial charge in [-0.1, -0.05) is 56.2 Å². The second-order valence-corrected chi connectivity index (χ2v) is 11.3. The summed E-state index contributed by atoms with van der Waals surface area (Å²) in [4.78, 5) is 42.4. The Bertz CT molecular complexity index is 1120. The molecule has 0 heterocycles. The lowest BCUT2D eigenvalue weighted by molar-refractivity contribution is -0.143. The summed E-state index contributed by atoms with van der Waals surface area (Å²) in [5, 5.41) is 15.9. The Morgan fingerprint density at radius 3 is 2.36 bits per heavy atom. The normalized spacial score (nSPS) is 14.7. The number of aromatic hydroxyl groups is 1. The van der Waals surface area contributed by atoms with Crippen LogP contribution in [0.1, 0.15) is 82.5 Å². The number of aryl methyl sites for hydroxylation is 1. The smallest absolute Gasteiger partial charge is 0.408 e. The molecule has 1 aliphatic rings. The molecule has 0 bridgehead atoms. The van der Waals surface area contributed by atoms with Crippen LogP contribution in [0.25, 0.3) is 0 Å². The maximum Gasteiger partial charge on any atom is 0.408 e. The molecule has 3 rings (SSSR count). The molecule has 0 aromatic heterocycles. The Balaban J connectivity index is 1.98. The third kappa shape index (κ3) is 9.01. The van der Waals surface area contributed by atoms with Crippen molar-refractivity contribution in [1.29, 1.82) is 0 Å². The monoisotopic (exact) mass is 537 g/mol. The van der Waals surface area contributed by atoms with Crippen molar-refractivity contribution in [3.63, 3.8) is 0 Å². The summed E-state index contributed by atoms with van der Waals surface area (Å²) in [6, 6.07) is 12.5. The number of ether oxygens (including phenoxy) is 1. The first-order valence-corrected chi connectivity index (χ1v) is 13.9. The van der Waals surface area contributed by atoms with Crippen LogP contribution < -0.4 is 10.6 Å². The van der Waals surface area contributed by atoms with Gasteiger partial charge < -0.3 is 25.4 Å². The number of carbonyl (C=O) groups excluding carboxylic acids is 3. The van der Waals surface area contributed by atoms with Gasteiger partial charge in [-0.3, -0.25) is 9.59 Å². The molecule has 1 saturated carbocycles. The van der Waals surface area contributed by atoms with E-state index in [9.17, 15) is 19.5 Å². The molecular formula is C31H43N3O5. The highest BCUT2D eigenvalue weighted by molar-refractivity contribution is 5.92. The summed E-state index contributed by atoms with van der Waals surface area (Å²) in [7, 11) is 0. The number of rotatable bonds is 12. The van der Waals surface area contributed by atoms with Gasteiger partial charge >= 0.3 is 6.09 Å². The number of hydrogen-bond donors (Lipinski definition) is 3. The van der Waals surface area contributed by atoms with Crippen molar-refractivity contribution in [2.45, 2.75) is 96.9 Å². The number of alkyl carbamates (subject to hydrolysis) is 1. The van der Waals surface area contributed by atoms with Gasteiger partial charge in [-0.2, -0.15) is 0 Å². The molecule has 0 aliphatic heterocycles. The molecule has 39 heavy (non-hydrogen) atoms. The average molecular weight is 538 g/mol. The van der Waals surface area contributed by atoms with Gasteiger partial charge in [0.15, 0.2) is 0 Å². The van der Waals surface area contributed by atoms with E-state index in [2.05, 4.69) is 17.6 Å². The summed E-state index contributed by atoms with van der Waals surface area (Å²) in [6.07, 6.45) is 3.97. The molecule has 0 saturated heterocycles. The highest BCUT2D eigenvalue weighted by Gasteiger charge is 2.44. The Morgan fingerprint density at radius 2 is 1.77 bits per heavy atom. The molecule has 2 atom stereocenters. The number of carbonyl (C=O) groups is 3. The summed E-state index contributed by atoms with van der Waals surface area (Å²) < 4.78 is 5.48. The fraction of sp³-hybridized carbons (Fsp3) is 0.516. The van der Waals surface area contributed by atoms with Crippen molar-refractivity contribution >= 4 is 17.9 Å². The average Bonchev–Trinajstić information content (AvgIpc) is 3.71. The minimum absolute atomic E-state index is 0.124. The predicted molar refractivity (Wildman–Crippen MR) is 151 cm³/mol. The zero-order valence-electron chi connectivity index (χ0n) is 23.8. The van der Waals surface area contributed by atoms with Gasteiger partial charge in [-0.05, 0) is 75.8 Å². The molecule has 8 nitrogen and oxygen atoms in total. The number of unbranched alkanes of at least 4 members (excludes halogenated alkanes) is 2. The van der Waals surface area contributed by atoms with E-state index in [1.807, 2.05) is 30.3 Å². The Labute approximate surface area is 232 Å². The Kier molecular flexibility index (Phi) is 10.4. The predicted octanol–water partition coefficient (Wildman–Crippen LogP) is 5.18. The number of phenolic OH excluding ortho intramolecular Hbond substituents is 1. The van der Waals surface area contributed by atoms with Gasteiger partial charge in [0.05, 0.1) is 0 Å². The topological polar surface area (TPSA) is 108 Å². The summed E-state index contributed by atoms with van der Waals surface area (Å²) in [5.74, 6) is -0.488. The number of benzene rings is 2. The van der Waals surface area contributed by atoms with Gasteiger partial charge in [0.1, 0.15) is 23.4 Å². The molecule has 212 valence electrons. The van der Waals surface area contributed by atoms with Crippen molar-refractivity contribution in [3.05, 3.63) is 65.2 Å². The van der Waals surface area contributed by atoms with Crippen LogP contribution in [-0.2, 0) is 20.7 Å². The van der Waals surface area contributed by atoms with E-state index >= 15 is 0 Å². The van der Waals surface area contributed by atoms with Crippen LogP contribution in [0.15, 0.2) is 48.5 Å². The molecule has 3 N–H and O–H groups in total. The van der Waals surface area contributed by atoms with E-state index in [-0.39, 0.29) is 30.0 Å². The second kappa shape index (κ2) is 13.5. The Morgan fingerprint density at radius 1 is 1.08 bits per heavy atom. The van der Waals surface area contributed by atoms with Crippen LogP contribution in [0.2, 0.25) is 0 Å². The maximum atomic E-state index is 14.3. The molecular weight excluding hydrogens is 494 g/mol. The molecule has 8 heteroatoms. The first kappa shape index (κ1) is 30.0. The van der Waals surface area contributed by atoms with Crippen LogP contribution in [-0.4, -0.2) is 52.1 Å². The molecule has 0 spiro atoms. The summed E-state index contributed by atoms with van der Waals surface area (Å²) in [6.45, 7) is 9.68. The molecule has 1 aliphatic carbocycles. The second-order valence-electron chi connectivity index (χ2n) is 11.3. The van der Waals surface area contributed by atoms with Crippen molar-refractivity contribution < 1.29 is 24.2 Å². The highest BCUT2D eigenvalue weighted by atomic mass is 16.6.